The molecule has 1 aliphatic heterocycles. The van der Waals surface area contributed by atoms with Gasteiger partial charge in [0.1, 0.15) is 5.82 Å². The van der Waals surface area contributed by atoms with Crippen LogP contribution in [0.5, 0.6) is 0 Å². The average Bonchev–Trinajstić information content (AvgIpc) is 2.38. The standard InChI is InChI=1S/C16H26FN3/c1-16(2,3)20-9-7-19(8-10-20)15-6-5-13(12-18-4)11-14(15)17/h5-6,11,18H,7-10,12H2,1-4H3. The topological polar surface area (TPSA) is 18.5 Å². The molecule has 0 aliphatic carbocycles. The van der Waals surface area contributed by atoms with Gasteiger partial charge in [-0.15, -0.1) is 0 Å². The summed E-state index contributed by atoms with van der Waals surface area (Å²) in [5.41, 5.74) is 1.92. The van der Waals surface area contributed by atoms with Crippen molar-refractivity contribution >= 4 is 5.69 Å². The van der Waals surface area contributed by atoms with Crippen molar-refractivity contribution in [2.45, 2.75) is 32.9 Å². The molecule has 2 rings (SSSR count). The van der Waals surface area contributed by atoms with Crippen LogP contribution in [0.1, 0.15) is 26.3 Å². The molecule has 0 spiro atoms. The van der Waals surface area contributed by atoms with E-state index in [-0.39, 0.29) is 11.4 Å². The van der Waals surface area contributed by atoms with E-state index in [0.717, 1.165) is 37.4 Å². The van der Waals surface area contributed by atoms with Gasteiger partial charge < -0.3 is 10.2 Å². The van der Waals surface area contributed by atoms with E-state index in [1.54, 1.807) is 6.07 Å². The maximum absolute atomic E-state index is 14.2. The second-order valence-corrected chi connectivity index (χ2v) is 6.46. The number of anilines is 1. The first-order valence-electron chi connectivity index (χ1n) is 7.35. The van der Waals surface area contributed by atoms with Crippen molar-refractivity contribution in [2.75, 3.05) is 38.1 Å². The van der Waals surface area contributed by atoms with Crippen molar-refractivity contribution in [1.82, 2.24) is 10.2 Å². The number of hydrogen-bond acceptors (Lipinski definition) is 3. The first-order chi connectivity index (χ1) is 9.41. The largest absolute Gasteiger partial charge is 0.367 e. The van der Waals surface area contributed by atoms with E-state index < -0.39 is 0 Å². The molecular weight excluding hydrogens is 253 g/mol. The minimum absolute atomic E-state index is 0.109. The Morgan fingerprint density at radius 2 is 1.80 bits per heavy atom. The van der Waals surface area contributed by atoms with Gasteiger partial charge in [-0.2, -0.15) is 0 Å². The summed E-state index contributed by atoms with van der Waals surface area (Å²) in [6.07, 6.45) is 0. The molecule has 1 aromatic carbocycles. The number of halogens is 1. The molecule has 1 aromatic rings. The lowest BCUT2D eigenvalue weighted by Gasteiger charge is -2.43. The Bertz CT molecular complexity index is 446. The molecule has 20 heavy (non-hydrogen) atoms. The fraction of sp³-hybridized carbons (Fsp3) is 0.625. The lowest BCUT2D eigenvalue weighted by atomic mass is 10.0. The van der Waals surface area contributed by atoms with E-state index in [4.69, 9.17) is 0 Å². The van der Waals surface area contributed by atoms with Crippen LogP contribution in [0.2, 0.25) is 0 Å². The molecule has 0 amide bonds. The zero-order valence-electron chi connectivity index (χ0n) is 13.0. The maximum atomic E-state index is 14.2. The Hall–Kier alpha value is -1.13. The van der Waals surface area contributed by atoms with Crippen molar-refractivity contribution in [3.63, 3.8) is 0 Å². The number of nitrogens with one attached hydrogen (secondary N) is 1. The predicted molar refractivity (Wildman–Crippen MR) is 82.7 cm³/mol. The van der Waals surface area contributed by atoms with Crippen LogP contribution in [-0.4, -0.2) is 43.7 Å². The van der Waals surface area contributed by atoms with E-state index in [2.05, 4.69) is 35.9 Å². The third-order valence-electron chi connectivity index (χ3n) is 3.96. The highest BCUT2D eigenvalue weighted by Crippen LogP contribution is 2.24. The normalized spacial score (nSPS) is 17.6. The van der Waals surface area contributed by atoms with E-state index in [0.29, 0.717) is 6.54 Å². The Morgan fingerprint density at radius 1 is 1.15 bits per heavy atom. The summed E-state index contributed by atoms with van der Waals surface area (Å²) in [4.78, 5) is 4.61. The van der Waals surface area contributed by atoms with Crippen LogP contribution in [0, 0.1) is 5.82 Å². The van der Waals surface area contributed by atoms with Crippen LogP contribution in [-0.2, 0) is 6.54 Å². The van der Waals surface area contributed by atoms with Crippen LogP contribution in [0.15, 0.2) is 18.2 Å². The number of benzene rings is 1. The third kappa shape index (κ3) is 3.49. The van der Waals surface area contributed by atoms with Gasteiger partial charge in [-0.05, 0) is 45.5 Å². The monoisotopic (exact) mass is 279 g/mol. The molecule has 4 heteroatoms. The van der Waals surface area contributed by atoms with Crippen molar-refractivity contribution < 1.29 is 4.39 Å². The first kappa shape index (κ1) is 15.3. The number of nitrogens with zero attached hydrogens (tertiary/aromatic N) is 2. The second kappa shape index (κ2) is 6.10. The fourth-order valence-corrected chi connectivity index (χ4v) is 2.74. The summed E-state index contributed by atoms with van der Waals surface area (Å²) < 4.78 is 14.2. The zero-order valence-corrected chi connectivity index (χ0v) is 13.0. The Morgan fingerprint density at radius 3 is 2.30 bits per heavy atom. The van der Waals surface area contributed by atoms with E-state index in [9.17, 15) is 4.39 Å². The van der Waals surface area contributed by atoms with Crippen LogP contribution < -0.4 is 10.2 Å². The number of rotatable bonds is 3. The van der Waals surface area contributed by atoms with Crippen LogP contribution in [0.3, 0.4) is 0 Å². The summed E-state index contributed by atoms with van der Waals surface area (Å²) in [6.45, 7) is 11.2. The Labute approximate surface area is 121 Å². The van der Waals surface area contributed by atoms with Gasteiger partial charge in [0.15, 0.2) is 0 Å². The van der Waals surface area contributed by atoms with Crippen molar-refractivity contribution in [1.29, 1.82) is 0 Å². The van der Waals surface area contributed by atoms with Gasteiger partial charge in [-0.3, -0.25) is 4.90 Å². The van der Waals surface area contributed by atoms with Gasteiger partial charge in [0.25, 0.3) is 0 Å². The van der Waals surface area contributed by atoms with Gasteiger partial charge in [-0.1, -0.05) is 6.07 Å². The second-order valence-electron chi connectivity index (χ2n) is 6.46. The molecule has 0 radical (unpaired) electrons. The molecule has 0 unspecified atom stereocenters. The van der Waals surface area contributed by atoms with Crippen LogP contribution in [0.25, 0.3) is 0 Å². The van der Waals surface area contributed by atoms with Crippen LogP contribution in [0.4, 0.5) is 10.1 Å². The molecule has 1 N–H and O–H groups in total. The molecule has 1 aliphatic rings. The van der Waals surface area contributed by atoms with Gasteiger partial charge in [0, 0.05) is 38.3 Å². The quantitative estimate of drug-likeness (QED) is 0.917. The Balaban J connectivity index is 2.03. The van der Waals surface area contributed by atoms with Crippen molar-refractivity contribution in [3.05, 3.63) is 29.6 Å². The first-order valence-corrected chi connectivity index (χ1v) is 7.35. The van der Waals surface area contributed by atoms with E-state index in [1.807, 2.05) is 19.2 Å². The molecule has 1 fully saturated rings. The summed E-state index contributed by atoms with van der Waals surface area (Å²) >= 11 is 0. The minimum atomic E-state index is -0.109. The molecule has 0 bridgehead atoms. The third-order valence-corrected chi connectivity index (χ3v) is 3.96. The van der Waals surface area contributed by atoms with Crippen molar-refractivity contribution in [3.8, 4) is 0 Å². The van der Waals surface area contributed by atoms with E-state index >= 15 is 0 Å². The van der Waals surface area contributed by atoms with Crippen LogP contribution >= 0.6 is 0 Å². The van der Waals surface area contributed by atoms with Gasteiger partial charge >= 0.3 is 0 Å². The summed E-state index contributed by atoms with van der Waals surface area (Å²) in [6, 6.07) is 5.56. The number of piperazine rings is 1. The molecule has 1 heterocycles. The molecule has 0 atom stereocenters. The lowest BCUT2D eigenvalue weighted by Crippen LogP contribution is -2.53. The predicted octanol–water partition coefficient (Wildman–Crippen LogP) is 2.47. The van der Waals surface area contributed by atoms with Gasteiger partial charge in [0.2, 0.25) is 0 Å². The fourth-order valence-electron chi connectivity index (χ4n) is 2.74. The van der Waals surface area contributed by atoms with Crippen molar-refractivity contribution in [2.24, 2.45) is 0 Å². The molecule has 1 saturated heterocycles. The van der Waals surface area contributed by atoms with E-state index in [1.165, 1.54) is 0 Å². The summed E-state index contributed by atoms with van der Waals surface area (Å²) in [5, 5.41) is 3.05. The zero-order chi connectivity index (χ0) is 14.8. The highest BCUT2D eigenvalue weighted by atomic mass is 19.1. The van der Waals surface area contributed by atoms with Gasteiger partial charge in [-0.25, -0.2) is 4.39 Å². The molecule has 3 nitrogen and oxygen atoms in total. The summed E-state index contributed by atoms with van der Waals surface area (Å²) in [7, 11) is 1.87. The minimum Gasteiger partial charge on any atom is -0.367 e. The molecule has 112 valence electrons. The highest BCUT2D eigenvalue weighted by molar-refractivity contribution is 5.49. The molecular formula is C16H26FN3. The SMILES string of the molecule is CNCc1ccc(N2CCN(C(C)(C)C)CC2)c(F)c1. The Kier molecular flexibility index (Phi) is 4.66. The number of hydrogen-bond donors (Lipinski definition) is 1. The maximum Gasteiger partial charge on any atom is 0.146 e. The summed E-state index contributed by atoms with van der Waals surface area (Å²) in [5.74, 6) is -0.109. The average molecular weight is 279 g/mol. The molecule has 0 aromatic heterocycles. The highest BCUT2D eigenvalue weighted by Gasteiger charge is 2.26. The molecule has 0 saturated carbocycles. The lowest BCUT2D eigenvalue weighted by molar-refractivity contribution is 0.128. The van der Waals surface area contributed by atoms with Gasteiger partial charge in [0.05, 0.1) is 5.69 Å². The smallest absolute Gasteiger partial charge is 0.146 e.